The third-order valence-electron chi connectivity index (χ3n) is 5.08. The molecule has 0 aliphatic rings. The van der Waals surface area contributed by atoms with Crippen LogP contribution in [0.3, 0.4) is 0 Å². The molecule has 7 nitrogen and oxygen atoms in total. The van der Waals surface area contributed by atoms with Crippen LogP contribution in [0.15, 0.2) is 49.2 Å². The largest absolute Gasteiger partial charge is 0.352 e. The zero-order chi connectivity index (χ0) is 21.3. The third-order valence-corrected chi connectivity index (χ3v) is 5.08. The molecule has 2 heterocycles. The molecule has 7 heteroatoms. The lowest BCUT2D eigenvalue weighted by Gasteiger charge is -2.10. The van der Waals surface area contributed by atoms with Gasteiger partial charge in [0.15, 0.2) is 5.82 Å². The summed E-state index contributed by atoms with van der Waals surface area (Å²) in [4.78, 5) is 16.7. The van der Waals surface area contributed by atoms with Gasteiger partial charge in [-0.2, -0.15) is 10.2 Å². The SMILES string of the molecule is C=C(C)c1c(Cc2nc(-c3ccc(C(=O)NCC)cc3)nn2C)ccc2[nH]ncc12. The molecule has 2 aromatic carbocycles. The van der Waals surface area contributed by atoms with Crippen LogP contribution in [0.5, 0.6) is 0 Å². The Morgan fingerprint density at radius 2 is 1.97 bits per heavy atom. The van der Waals surface area contributed by atoms with E-state index in [1.165, 1.54) is 0 Å². The van der Waals surface area contributed by atoms with Crippen molar-refractivity contribution in [2.45, 2.75) is 20.3 Å². The molecule has 0 saturated carbocycles. The number of amides is 1. The molecule has 2 N–H and O–H groups in total. The minimum absolute atomic E-state index is 0.0827. The standard InChI is InChI=1S/C23H24N6O/c1-5-24-23(30)16-8-6-15(7-9-16)22-26-20(29(4)28-22)12-17-10-11-19-18(13-25-27-19)21(17)14(2)3/h6-11,13H,2,5,12H2,1,3-4H3,(H,24,30)(H,25,27). The van der Waals surface area contributed by atoms with Crippen LogP contribution in [-0.2, 0) is 13.5 Å². The number of allylic oxidation sites excluding steroid dienone is 1. The summed E-state index contributed by atoms with van der Waals surface area (Å²) in [6, 6.07) is 11.5. The monoisotopic (exact) mass is 400 g/mol. The molecule has 0 unspecified atom stereocenters. The maximum absolute atomic E-state index is 12.0. The summed E-state index contributed by atoms with van der Waals surface area (Å²) < 4.78 is 1.80. The minimum Gasteiger partial charge on any atom is -0.352 e. The molecule has 0 spiro atoms. The number of rotatable bonds is 6. The lowest BCUT2D eigenvalue weighted by atomic mass is 9.96. The molecule has 2 aromatic heterocycles. The number of fused-ring (bicyclic) bond motifs is 1. The maximum Gasteiger partial charge on any atom is 0.251 e. The number of hydrogen-bond acceptors (Lipinski definition) is 4. The Bertz CT molecular complexity index is 1230. The van der Waals surface area contributed by atoms with Crippen molar-refractivity contribution in [2.24, 2.45) is 7.05 Å². The highest BCUT2D eigenvalue weighted by Gasteiger charge is 2.15. The van der Waals surface area contributed by atoms with Crippen molar-refractivity contribution in [1.29, 1.82) is 0 Å². The molecule has 0 radical (unpaired) electrons. The van der Waals surface area contributed by atoms with Gasteiger partial charge in [0.2, 0.25) is 0 Å². The second-order valence-electron chi connectivity index (χ2n) is 7.30. The molecule has 30 heavy (non-hydrogen) atoms. The number of aromatic amines is 1. The van der Waals surface area contributed by atoms with Crippen LogP contribution in [0, 0.1) is 0 Å². The van der Waals surface area contributed by atoms with E-state index >= 15 is 0 Å². The van der Waals surface area contributed by atoms with E-state index in [2.05, 4.69) is 33.3 Å². The van der Waals surface area contributed by atoms with Crippen molar-refractivity contribution in [2.75, 3.05) is 6.54 Å². The van der Waals surface area contributed by atoms with E-state index in [9.17, 15) is 4.79 Å². The van der Waals surface area contributed by atoms with Crippen LogP contribution >= 0.6 is 0 Å². The highest BCUT2D eigenvalue weighted by molar-refractivity contribution is 5.94. The number of nitrogens with zero attached hydrogens (tertiary/aromatic N) is 4. The van der Waals surface area contributed by atoms with Gasteiger partial charge >= 0.3 is 0 Å². The van der Waals surface area contributed by atoms with Gasteiger partial charge in [0.25, 0.3) is 5.91 Å². The molecule has 0 bridgehead atoms. The smallest absolute Gasteiger partial charge is 0.251 e. The summed E-state index contributed by atoms with van der Waals surface area (Å²) >= 11 is 0. The third kappa shape index (κ3) is 3.61. The lowest BCUT2D eigenvalue weighted by Crippen LogP contribution is -2.22. The van der Waals surface area contributed by atoms with Crippen LogP contribution in [0.4, 0.5) is 0 Å². The molecule has 0 fully saturated rings. The number of hydrogen-bond donors (Lipinski definition) is 2. The molecule has 0 aliphatic heterocycles. The first-order chi connectivity index (χ1) is 14.5. The Kier molecular flexibility index (Phi) is 5.18. The van der Waals surface area contributed by atoms with Crippen molar-refractivity contribution in [3.63, 3.8) is 0 Å². The Labute approximate surface area is 174 Å². The molecular formula is C23H24N6O. The number of benzene rings is 2. The van der Waals surface area contributed by atoms with Gasteiger partial charge in [-0.25, -0.2) is 4.98 Å². The van der Waals surface area contributed by atoms with Crippen LogP contribution in [-0.4, -0.2) is 37.4 Å². The average Bonchev–Trinajstić information content (AvgIpc) is 3.34. The van der Waals surface area contributed by atoms with E-state index < -0.39 is 0 Å². The topological polar surface area (TPSA) is 88.5 Å². The van der Waals surface area contributed by atoms with E-state index in [0.717, 1.165) is 39.0 Å². The van der Waals surface area contributed by atoms with E-state index in [-0.39, 0.29) is 5.91 Å². The number of nitrogens with one attached hydrogen (secondary N) is 2. The number of carbonyl (C=O) groups is 1. The van der Waals surface area contributed by atoms with Gasteiger partial charge in [0.05, 0.1) is 11.7 Å². The lowest BCUT2D eigenvalue weighted by molar-refractivity contribution is 0.0956. The van der Waals surface area contributed by atoms with Crippen LogP contribution < -0.4 is 5.32 Å². The van der Waals surface area contributed by atoms with Gasteiger partial charge in [-0.15, -0.1) is 0 Å². The Morgan fingerprint density at radius 3 is 2.67 bits per heavy atom. The highest BCUT2D eigenvalue weighted by atomic mass is 16.1. The van der Waals surface area contributed by atoms with E-state index in [1.54, 1.807) is 16.8 Å². The van der Waals surface area contributed by atoms with E-state index in [1.807, 2.05) is 45.3 Å². The van der Waals surface area contributed by atoms with Gasteiger partial charge in [0, 0.05) is 36.5 Å². The molecule has 0 atom stereocenters. The van der Waals surface area contributed by atoms with Crippen molar-refractivity contribution < 1.29 is 4.79 Å². The highest BCUT2D eigenvalue weighted by Crippen LogP contribution is 2.28. The predicted octanol–water partition coefficient (Wildman–Crippen LogP) is 3.73. The van der Waals surface area contributed by atoms with Gasteiger partial charge in [0.1, 0.15) is 5.82 Å². The van der Waals surface area contributed by atoms with E-state index in [0.29, 0.717) is 24.4 Å². The van der Waals surface area contributed by atoms with Gasteiger partial charge in [-0.3, -0.25) is 14.6 Å². The molecule has 4 aromatic rings. The second kappa shape index (κ2) is 7.94. The van der Waals surface area contributed by atoms with Crippen LogP contribution in [0.1, 0.15) is 41.2 Å². The first kappa shape index (κ1) is 19.6. The second-order valence-corrected chi connectivity index (χ2v) is 7.30. The predicted molar refractivity (Wildman–Crippen MR) is 118 cm³/mol. The molecule has 0 aliphatic carbocycles. The summed E-state index contributed by atoms with van der Waals surface area (Å²) in [6.45, 7) is 8.65. The zero-order valence-electron chi connectivity index (χ0n) is 17.4. The molecule has 152 valence electrons. The molecule has 1 amide bonds. The van der Waals surface area contributed by atoms with E-state index in [4.69, 9.17) is 4.98 Å². The molecule has 4 rings (SSSR count). The van der Waals surface area contributed by atoms with Crippen molar-refractivity contribution in [3.8, 4) is 11.4 Å². The fraction of sp³-hybridized carbons (Fsp3) is 0.217. The summed E-state index contributed by atoms with van der Waals surface area (Å²) in [5.74, 6) is 1.40. The van der Waals surface area contributed by atoms with Crippen LogP contribution in [0.2, 0.25) is 0 Å². The number of aromatic nitrogens is 5. The van der Waals surface area contributed by atoms with Crippen molar-refractivity contribution in [1.82, 2.24) is 30.3 Å². The fourth-order valence-electron chi connectivity index (χ4n) is 3.61. The molecular weight excluding hydrogens is 376 g/mol. The number of aryl methyl sites for hydroxylation is 1. The summed E-state index contributed by atoms with van der Waals surface area (Å²) in [6.07, 6.45) is 2.46. The fourth-order valence-corrected chi connectivity index (χ4v) is 3.61. The van der Waals surface area contributed by atoms with Crippen molar-refractivity contribution in [3.05, 3.63) is 71.7 Å². The average molecular weight is 400 g/mol. The Balaban J connectivity index is 1.64. The Morgan fingerprint density at radius 1 is 1.20 bits per heavy atom. The minimum atomic E-state index is -0.0827. The first-order valence-electron chi connectivity index (χ1n) is 9.87. The summed E-state index contributed by atoms with van der Waals surface area (Å²) in [7, 11) is 1.89. The number of H-pyrrole nitrogens is 1. The van der Waals surface area contributed by atoms with Gasteiger partial charge in [-0.1, -0.05) is 30.4 Å². The first-order valence-corrected chi connectivity index (χ1v) is 9.87. The quantitative estimate of drug-likeness (QED) is 0.516. The van der Waals surface area contributed by atoms with Gasteiger partial charge < -0.3 is 5.32 Å². The zero-order valence-corrected chi connectivity index (χ0v) is 17.4. The number of carbonyl (C=O) groups excluding carboxylic acids is 1. The summed E-state index contributed by atoms with van der Waals surface area (Å²) in [5, 5.41) is 15.6. The van der Waals surface area contributed by atoms with Crippen molar-refractivity contribution >= 4 is 22.4 Å². The van der Waals surface area contributed by atoms with Crippen LogP contribution in [0.25, 0.3) is 27.9 Å². The summed E-state index contributed by atoms with van der Waals surface area (Å²) in [5.41, 5.74) is 5.69. The maximum atomic E-state index is 12.0. The van der Waals surface area contributed by atoms with Gasteiger partial charge in [-0.05, 0) is 43.2 Å². The Hall–Kier alpha value is -3.74. The normalized spacial score (nSPS) is 11.0. The molecule has 0 saturated heterocycles.